The van der Waals surface area contributed by atoms with E-state index in [0.29, 0.717) is 29.4 Å². The second-order valence-electron chi connectivity index (χ2n) is 6.78. The number of hydrogen-bond acceptors (Lipinski definition) is 3. The van der Waals surface area contributed by atoms with Gasteiger partial charge in [0.1, 0.15) is 17.0 Å². The number of hydrogen-bond donors (Lipinski definition) is 0. The van der Waals surface area contributed by atoms with Gasteiger partial charge in [0, 0.05) is 25.9 Å². The third kappa shape index (κ3) is 4.28. The number of rotatable bonds is 2. The molecule has 1 aliphatic heterocycles. The van der Waals surface area contributed by atoms with Crippen LogP contribution in [-0.4, -0.2) is 36.8 Å². The zero-order valence-electron chi connectivity index (χ0n) is 14.0. The molecule has 1 saturated heterocycles. The first-order valence-corrected chi connectivity index (χ1v) is 8.03. The van der Waals surface area contributed by atoms with Crippen molar-refractivity contribution in [2.75, 3.05) is 20.2 Å². The van der Waals surface area contributed by atoms with Crippen molar-refractivity contribution in [3.63, 3.8) is 0 Å². The van der Waals surface area contributed by atoms with Crippen molar-refractivity contribution in [1.82, 2.24) is 4.90 Å². The van der Waals surface area contributed by atoms with E-state index >= 15 is 4.39 Å². The lowest BCUT2D eigenvalue weighted by Gasteiger charge is -2.37. The van der Waals surface area contributed by atoms with Crippen molar-refractivity contribution < 1.29 is 18.7 Å². The Morgan fingerprint density at radius 2 is 1.91 bits per heavy atom. The van der Waals surface area contributed by atoms with Crippen LogP contribution in [0.1, 0.15) is 39.2 Å². The van der Waals surface area contributed by atoms with Crippen molar-refractivity contribution in [1.29, 1.82) is 0 Å². The largest absolute Gasteiger partial charge is 0.495 e. The van der Waals surface area contributed by atoms with Gasteiger partial charge in [-0.05, 0) is 38.5 Å². The van der Waals surface area contributed by atoms with Gasteiger partial charge in [-0.3, -0.25) is 0 Å². The van der Waals surface area contributed by atoms with E-state index in [4.69, 9.17) is 21.1 Å². The molecule has 1 fully saturated rings. The number of amides is 1. The number of carbonyl (C=O) groups is 1. The van der Waals surface area contributed by atoms with Gasteiger partial charge in [0.2, 0.25) is 0 Å². The Morgan fingerprint density at radius 1 is 1.30 bits per heavy atom. The first-order chi connectivity index (χ1) is 10.6. The van der Waals surface area contributed by atoms with E-state index in [-0.39, 0.29) is 12.8 Å². The summed E-state index contributed by atoms with van der Waals surface area (Å²) in [6.45, 7) is 6.07. The van der Waals surface area contributed by atoms with Gasteiger partial charge < -0.3 is 14.4 Å². The summed E-state index contributed by atoms with van der Waals surface area (Å²) in [6, 6.07) is 4.94. The molecule has 0 aliphatic carbocycles. The maximum atomic E-state index is 15.3. The number of methoxy groups -OCH3 is 1. The summed E-state index contributed by atoms with van der Waals surface area (Å²) in [5.41, 5.74) is -1.51. The van der Waals surface area contributed by atoms with Crippen LogP contribution in [0.25, 0.3) is 0 Å². The molecule has 1 amide bonds. The van der Waals surface area contributed by atoms with Crippen molar-refractivity contribution >= 4 is 17.7 Å². The van der Waals surface area contributed by atoms with E-state index < -0.39 is 17.4 Å². The summed E-state index contributed by atoms with van der Waals surface area (Å²) in [7, 11) is 1.50. The number of carbonyl (C=O) groups excluding carboxylic acids is 1. The van der Waals surface area contributed by atoms with Gasteiger partial charge in [0.05, 0.1) is 12.1 Å². The Labute approximate surface area is 141 Å². The van der Waals surface area contributed by atoms with Crippen molar-refractivity contribution in [2.24, 2.45) is 0 Å². The molecule has 4 nitrogen and oxygen atoms in total. The van der Waals surface area contributed by atoms with Gasteiger partial charge in [0.15, 0.2) is 0 Å². The number of ether oxygens (including phenoxy) is 2. The number of benzene rings is 1. The molecule has 6 heteroatoms. The Morgan fingerprint density at radius 3 is 2.43 bits per heavy atom. The van der Waals surface area contributed by atoms with Crippen LogP contribution in [-0.2, 0) is 10.4 Å². The highest BCUT2D eigenvalue weighted by Crippen LogP contribution is 2.40. The fourth-order valence-electron chi connectivity index (χ4n) is 2.60. The minimum atomic E-state index is -1.49. The Kier molecular flexibility index (Phi) is 5.09. The fraction of sp³-hybridized carbons (Fsp3) is 0.588. The van der Waals surface area contributed by atoms with Gasteiger partial charge >= 0.3 is 6.09 Å². The molecule has 128 valence electrons. The molecule has 0 atom stereocenters. The first kappa shape index (κ1) is 17.9. The lowest BCUT2D eigenvalue weighted by molar-refractivity contribution is 0.00216. The molecular weight excluding hydrogens is 321 g/mol. The second kappa shape index (κ2) is 6.56. The van der Waals surface area contributed by atoms with Gasteiger partial charge in [-0.1, -0.05) is 17.7 Å². The van der Waals surface area contributed by atoms with Crippen LogP contribution in [0.15, 0.2) is 18.2 Å². The topological polar surface area (TPSA) is 38.8 Å². The predicted molar refractivity (Wildman–Crippen MR) is 87.8 cm³/mol. The van der Waals surface area contributed by atoms with E-state index in [0.717, 1.165) is 0 Å². The first-order valence-electron chi connectivity index (χ1n) is 7.65. The van der Waals surface area contributed by atoms with Gasteiger partial charge in [0.25, 0.3) is 0 Å². The highest BCUT2D eigenvalue weighted by Gasteiger charge is 2.39. The molecule has 0 spiro atoms. The molecule has 23 heavy (non-hydrogen) atoms. The fourth-order valence-corrected chi connectivity index (χ4v) is 2.79. The highest BCUT2D eigenvalue weighted by atomic mass is 35.5. The maximum Gasteiger partial charge on any atom is 0.410 e. The van der Waals surface area contributed by atoms with Crippen molar-refractivity contribution in [3.8, 4) is 5.75 Å². The molecule has 0 unspecified atom stereocenters. The normalized spacial score (nSPS) is 17.7. The summed E-state index contributed by atoms with van der Waals surface area (Å²) in [6.07, 6.45) is 0.0434. The molecule has 1 heterocycles. The number of piperidine rings is 1. The lowest BCUT2D eigenvalue weighted by Crippen LogP contribution is -2.45. The third-order valence-electron chi connectivity index (χ3n) is 3.88. The standard InChI is InChI=1S/C17H23ClFNO3/c1-16(2,3)23-15(21)20-9-7-17(19,8-10-20)12-5-6-13(18)14(11-12)22-4/h5-6,11H,7-10H2,1-4H3. The van der Waals surface area contributed by atoms with Crippen LogP contribution in [0.5, 0.6) is 5.75 Å². The predicted octanol–water partition coefficient (Wildman–Crippen LogP) is 4.54. The molecular formula is C17H23ClFNO3. The molecule has 2 rings (SSSR count). The molecule has 0 bridgehead atoms. The molecule has 0 aromatic heterocycles. The zero-order valence-corrected chi connectivity index (χ0v) is 14.7. The van der Waals surface area contributed by atoms with Crippen molar-refractivity contribution in [3.05, 3.63) is 28.8 Å². The Balaban J connectivity index is 2.06. The lowest BCUT2D eigenvalue weighted by atomic mass is 9.86. The molecule has 0 N–H and O–H groups in total. The molecule has 1 aromatic rings. The van der Waals surface area contributed by atoms with Crippen LogP contribution in [0.2, 0.25) is 5.02 Å². The van der Waals surface area contributed by atoms with Crippen LogP contribution in [0, 0.1) is 0 Å². The molecule has 1 aliphatic rings. The maximum absolute atomic E-state index is 15.3. The Bertz CT molecular complexity index is 578. The molecule has 0 radical (unpaired) electrons. The van der Waals surface area contributed by atoms with Crippen LogP contribution in [0.3, 0.4) is 0 Å². The van der Waals surface area contributed by atoms with Gasteiger partial charge in [-0.15, -0.1) is 0 Å². The molecule has 0 saturated carbocycles. The highest BCUT2D eigenvalue weighted by molar-refractivity contribution is 6.32. The number of halogens is 2. The number of likely N-dealkylation sites (tertiary alicyclic amines) is 1. The molecule has 1 aromatic carbocycles. The summed E-state index contributed by atoms with van der Waals surface area (Å²) < 4.78 is 25.7. The average Bonchev–Trinajstić information content (AvgIpc) is 2.46. The summed E-state index contributed by atoms with van der Waals surface area (Å²) in [5.74, 6) is 0.454. The van der Waals surface area contributed by atoms with E-state index in [1.54, 1.807) is 23.1 Å². The number of alkyl halides is 1. The quantitative estimate of drug-likeness (QED) is 0.791. The minimum absolute atomic E-state index is 0.219. The monoisotopic (exact) mass is 343 g/mol. The summed E-state index contributed by atoms with van der Waals surface area (Å²) >= 11 is 5.99. The van der Waals surface area contributed by atoms with Crippen molar-refractivity contribution in [2.45, 2.75) is 44.9 Å². The summed E-state index contributed by atoms with van der Waals surface area (Å²) in [4.78, 5) is 13.6. The Hall–Kier alpha value is -1.49. The van der Waals surface area contributed by atoms with Gasteiger partial charge in [-0.25, -0.2) is 9.18 Å². The second-order valence-corrected chi connectivity index (χ2v) is 7.19. The summed E-state index contributed by atoms with van der Waals surface area (Å²) in [5, 5.41) is 0.450. The van der Waals surface area contributed by atoms with Crippen LogP contribution in [0.4, 0.5) is 9.18 Å². The SMILES string of the molecule is COc1cc(C2(F)CCN(C(=O)OC(C)(C)C)CC2)ccc1Cl. The van der Waals surface area contributed by atoms with E-state index in [2.05, 4.69) is 0 Å². The van der Waals surface area contributed by atoms with E-state index in [1.807, 2.05) is 20.8 Å². The smallest absolute Gasteiger partial charge is 0.410 e. The average molecular weight is 344 g/mol. The minimum Gasteiger partial charge on any atom is -0.495 e. The zero-order chi connectivity index (χ0) is 17.3. The van der Waals surface area contributed by atoms with Crippen LogP contribution < -0.4 is 4.74 Å². The van der Waals surface area contributed by atoms with Gasteiger partial charge in [-0.2, -0.15) is 0 Å². The van der Waals surface area contributed by atoms with Crippen LogP contribution >= 0.6 is 11.6 Å². The van der Waals surface area contributed by atoms with E-state index in [1.165, 1.54) is 7.11 Å². The third-order valence-corrected chi connectivity index (χ3v) is 4.19. The van der Waals surface area contributed by atoms with E-state index in [9.17, 15) is 4.79 Å². The number of nitrogens with zero attached hydrogens (tertiary/aromatic N) is 1.